The number of rotatable bonds is 5. The van der Waals surface area contributed by atoms with Crippen LogP contribution >= 0.6 is 11.8 Å². The number of benzene rings is 2. The lowest BCUT2D eigenvalue weighted by Crippen LogP contribution is -2.18. The van der Waals surface area contributed by atoms with Gasteiger partial charge in [0.25, 0.3) is 0 Å². The zero-order valence-electron chi connectivity index (χ0n) is 15.4. The van der Waals surface area contributed by atoms with Crippen molar-refractivity contribution in [3.63, 3.8) is 0 Å². The molecule has 0 spiro atoms. The van der Waals surface area contributed by atoms with Crippen LogP contribution < -0.4 is 0 Å². The Morgan fingerprint density at radius 1 is 0.826 bits per heavy atom. The smallest absolute Gasteiger partial charge is 0.00721 e. The van der Waals surface area contributed by atoms with Crippen molar-refractivity contribution in [1.82, 2.24) is 0 Å². The zero-order valence-corrected chi connectivity index (χ0v) is 16.3. The normalized spacial score (nSPS) is 12.4. The van der Waals surface area contributed by atoms with Gasteiger partial charge in [-0.3, -0.25) is 0 Å². The first-order chi connectivity index (χ1) is 10.7. The largest absolute Gasteiger partial charge is 0.126 e. The van der Waals surface area contributed by atoms with Crippen molar-refractivity contribution in [3.8, 4) is 0 Å². The maximum atomic E-state index is 2.35. The summed E-state index contributed by atoms with van der Waals surface area (Å²) >= 11 is 1.97. The van der Waals surface area contributed by atoms with Gasteiger partial charge in [0.2, 0.25) is 0 Å². The fourth-order valence-electron chi connectivity index (χ4n) is 2.69. The lowest BCUT2D eigenvalue weighted by molar-refractivity contribution is 0.510. The molecule has 0 aliphatic carbocycles. The van der Waals surface area contributed by atoms with Crippen LogP contribution in [0.3, 0.4) is 0 Å². The van der Waals surface area contributed by atoms with Gasteiger partial charge in [-0.05, 0) is 53.2 Å². The molecule has 0 atom stereocenters. The molecular weight excluding hydrogens is 296 g/mol. The first kappa shape index (κ1) is 18.1. The molecule has 0 bridgehead atoms. The molecule has 0 saturated carbocycles. The summed E-state index contributed by atoms with van der Waals surface area (Å²) in [5, 5.41) is 0. The quantitative estimate of drug-likeness (QED) is 0.547. The fourth-order valence-corrected chi connectivity index (χ4v) is 3.86. The molecule has 2 aromatic rings. The highest BCUT2D eigenvalue weighted by molar-refractivity contribution is 7.99. The van der Waals surface area contributed by atoms with Crippen molar-refractivity contribution in [1.29, 1.82) is 0 Å². The van der Waals surface area contributed by atoms with Gasteiger partial charge in [0.1, 0.15) is 0 Å². The average molecular weight is 327 g/mol. The van der Waals surface area contributed by atoms with Gasteiger partial charge in [-0.1, -0.05) is 76.6 Å². The van der Waals surface area contributed by atoms with Gasteiger partial charge in [-0.15, -0.1) is 11.8 Å². The van der Waals surface area contributed by atoms with E-state index in [1.807, 2.05) is 11.8 Å². The maximum absolute atomic E-state index is 2.35. The molecule has 0 radical (unpaired) electrons. The summed E-state index contributed by atoms with van der Waals surface area (Å²) in [6.07, 6.45) is 1.18. The third-order valence-corrected chi connectivity index (χ3v) is 5.53. The van der Waals surface area contributed by atoms with Gasteiger partial charge in [-0.25, -0.2) is 0 Å². The molecule has 2 rings (SSSR count). The number of aryl methyl sites for hydroxylation is 1. The third kappa shape index (κ3) is 5.14. The second kappa shape index (κ2) is 7.13. The molecule has 0 saturated heterocycles. The van der Waals surface area contributed by atoms with E-state index in [0.717, 1.165) is 5.75 Å². The minimum absolute atomic E-state index is 0.227. The minimum atomic E-state index is 0.227. The molecule has 0 unspecified atom stereocenters. The average Bonchev–Trinajstić information content (AvgIpc) is 2.47. The summed E-state index contributed by atoms with van der Waals surface area (Å²) in [5.74, 6) is 1.15. The van der Waals surface area contributed by atoms with Crippen molar-refractivity contribution < 1.29 is 0 Å². The van der Waals surface area contributed by atoms with Crippen LogP contribution in [0, 0.1) is 6.92 Å². The Labute approximate surface area is 146 Å². The van der Waals surface area contributed by atoms with Crippen LogP contribution in [-0.4, -0.2) is 5.75 Å². The molecule has 0 nitrogen and oxygen atoms in total. The van der Waals surface area contributed by atoms with Gasteiger partial charge in [-0.2, -0.15) is 0 Å². The molecule has 0 fully saturated rings. The summed E-state index contributed by atoms with van der Waals surface area (Å²) in [7, 11) is 0. The molecular formula is C22H30S. The zero-order chi connectivity index (χ0) is 17.1. The van der Waals surface area contributed by atoms with Crippen LogP contribution in [0.15, 0.2) is 53.4 Å². The van der Waals surface area contributed by atoms with Crippen LogP contribution in [0.1, 0.15) is 57.7 Å². The van der Waals surface area contributed by atoms with Gasteiger partial charge in [0.05, 0.1) is 0 Å². The van der Waals surface area contributed by atoms with Crippen molar-refractivity contribution in [2.45, 2.75) is 63.7 Å². The van der Waals surface area contributed by atoms with Gasteiger partial charge in [0.15, 0.2) is 0 Å². The van der Waals surface area contributed by atoms with Gasteiger partial charge in [0, 0.05) is 4.90 Å². The topological polar surface area (TPSA) is 0 Å². The molecule has 0 aliphatic heterocycles. The lowest BCUT2D eigenvalue weighted by Gasteiger charge is -2.25. The van der Waals surface area contributed by atoms with Crippen LogP contribution in [0.25, 0.3) is 0 Å². The Kier molecular flexibility index (Phi) is 5.62. The van der Waals surface area contributed by atoms with Crippen LogP contribution in [0.4, 0.5) is 0 Å². The molecule has 2 aromatic carbocycles. The summed E-state index contributed by atoms with van der Waals surface area (Å²) in [6.45, 7) is 13.7. The number of hydrogen-bond acceptors (Lipinski definition) is 1. The third-order valence-electron chi connectivity index (χ3n) is 4.52. The van der Waals surface area contributed by atoms with Crippen molar-refractivity contribution in [2.75, 3.05) is 5.75 Å². The molecule has 0 amide bonds. The molecule has 0 N–H and O–H groups in total. The molecule has 0 aromatic heterocycles. The Morgan fingerprint density at radius 3 is 2.04 bits per heavy atom. The monoisotopic (exact) mass is 326 g/mol. The van der Waals surface area contributed by atoms with E-state index in [-0.39, 0.29) is 10.8 Å². The summed E-state index contributed by atoms with van der Waals surface area (Å²) < 4.78 is 0. The van der Waals surface area contributed by atoms with E-state index in [0.29, 0.717) is 0 Å². The van der Waals surface area contributed by atoms with Crippen molar-refractivity contribution >= 4 is 11.8 Å². The van der Waals surface area contributed by atoms with E-state index < -0.39 is 0 Å². The first-order valence-corrected chi connectivity index (χ1v) is 9.47. The standard InChI is InChI=1S/C22H30S/c1-17-8-7-9-19(16-17)22(5,6)14-15-23-20-12-10-18(11-13-20)21(2,3)4/h7-13,16H,14-15H2,1-6H3. The Balaban J connectivity index is 1.94. The molecule has 0 heterocycles. The lowest BCUT2D eigenvalue weighted by atomic mass is 9.82. The van der Waals surface area contributed by atoms with Crippen LogP contribution in [-0.2, 0) is 10.8 Å². The molecule has 0 aliphatic rings. The Morgan fingerprint density at radius 2 is 1.48 bits per heavy atom. The minimum Gasteiger partial charge on any atom is -0.126 e. The molecule has 1 heteroatoms. The fraction of sp³-hybridized carbons (Fsp3) is 0.455. The SMILES string of the molecule is Cc1cccc(C(C)(C)CCSc2ccc(C(C)(C)C)cc2)c1. The number of hydrogen-bond donors (Lipinski definition) is 0. The van der Waals surface area contributed by atoms with E-state index in [1.165, 1.54) is 28.0 Å². The van der Waals surface area contributed by atoms with E-state index >= 15 is 0 Å². The predicted molar refractivity (Wildman–Crippen MR) is 105 cm³/mol. The van der Waals surface area contributed by atoms with Crippen molar-refractivity contribution in [2.24, 2.45) is 0 Å². The van der Waals surface area contributed by atoms with E-state index in [4.69, 9.17) is 0 Å². The highest BCUT2D eigenvalue weighted by Gasteiger charge is 2.20. The summed E-state index contributed by atoms with van der Waals surface area (Å²) in [5.41, 5.74) is 4.66. The molecule has 23 heavy (non-hydrogen) atoms. The van der Waals surface area contributed by atoms with Crippen LogP contribution in [0.5, 0.6) is 0 Å². The second-order valence-electron chi connectivity index (χ2n) is 8.13. The van der Waals surface area contributed by atoms with E-state index in [1.54, 1.807) is 0 Å². The summed E-state index contributed by atoms with van der Waals surface area (Å²) in [4.78, 5) is 1.37. The number of thioether (sulfide) groups is 1. The van der Waals surface area contributed by atoms with E-state index in [9.17, 15) is 0 Å². The maximum Gasteiger partial charge on any atom is 0.00721 e. The first-order valence-electron chi connectivity index (χ1n) is 8.49. The van der Waals surface area contributed by atoms with E-state index in [2.05, 4.69) is 90.1 Å². The highest BCUT2D eigenvalue weighted by Crippen LogP contribution is 2.31. The van der Waals surface area contributed by atoms with Gasteiger partial charge >= 0.3 is 0 Å². The van der Waals surface area contributed by atoms with Gasteiger partial charge < -0.3 is 0 Å². The second-order valence-corrected chi connectivity index (χ2v) is 9.29. The Hall–Kier alpha value is -1.21. The van der Waals surface area contributed by atoms with Crippen LogP contribution in [0.2, 0.25) is 0 Å². The predicted octanol–water partition coefficient (Wildman–Crippen LogP) is 6.75. The molecule has 124 valence electrons. The van der Waals surface area contributed by atoms with Crippen molar-refractivity contribution in [3.05, 3.63) is 65.2 Å². The highest BCUT2D eigenvalue weighted by atomic mass is 32.2. The Bertz CT molecular complexity index is 630. The summed E-state index contributed by atoms with van der Waals surface area (Å²) in [6, 6.07) is 18.0.